The van der Waals surface area contributed by atoms with Crippen LogP contribution >= 0.6 is 0 Å². The smallest absolute Gasteiger partial charge is 0.344 e. The molecule has 0 saturated heterocycles. The van der Waals surface area contributed by atoms with Gasteiger partial charge in [0, 0.05) is 6.20 Å². The third-order valence-electron chi connectivity index (χ3n) is 1.90. The standard InChI is InChI=1S/C8H6F2N2O4/c1-3-5(8(13)14)6(12(15)16)4(2-11-3)7(9)10/h2,7H,1H3,(H,13,14). The summed E-state index contributed by atoms with van der Waals surface area (Å²) >= 11 is 0. The fourth-order valence-electron chi connectivity index (χ4n) is 1.22. The van der Waals surface area contributed by atoms with Crippen LogP contribution in [0.5, 0.6) is 0 Å². The summed E-state index contributed by atoms with van der Waals surface area (Å²) in [5.74, 6) is -1.65. The van der Waals surface area contributed by atoms with Crippen LogP contribution in [0.1, 0.15) is 28.0 Å². The van der Waals surface area contributed by atoms with Crippen molar-refractivity contribution in [3.8, 4) is 0 Å². The van der Waals surface area contributed by atoms with Crippen molar-refractivity contribution in [2.45, 2.75) is 13.3 Å². The number of carbonyl (C=O) groups is 1. The van der Waals surface area contributed by atoms with E-state index in [0.29, 0.717) is 6.20 Å². The van der Waals surface area contributed by atoms with Crippen molar-refractivity contribution >= 4 is 11.7 Å². The minimum Gasteiger partial charge on any atom is -0.477 e. The van der Waals surface area contributed by atoms with Crippen LogP contribution in [0.4, 0.5) is 14.5 Å². The Morgan fingerprint density at radius 3 is 2.56 bits per heavy atom. The van der Waals surface area contributed by atoms with Crippen molar-refractivity contribution in [1.29, 1.82) is 0 Å². The van der Waals surface area contributed by atoms with Crippen molar-refractivity contribution in [2.75, 3.05) is 0 Å². The van der Waals surface area contributed by atoms with Crippen LogP contribution in [0.3, 0.4) is 0 Å². The highest BCUT2D eigenvalue weighted by atomic mass is 19.3. The summed E-state index contributed by atoms with van der Waals surface area (Å²) in [6.07, 6.45) is -2.53. The van der Waals surface area contributed by atoms with E-state index in [-0.39, 0.29) is 5.69 Å². The van der Waals surface area contributed by atoms with Crippen molar-refractivity contribution in [2.24, 2.45) is 0 Å². The molecule has 0 unspecified atom stereocenters. The van der Waals surface area contributed by atoms with Gasteiger partial charge in [0.2, 0.25) is 0 Å². The van der Waals surface area contributed by atoms with E-state index in [9.17, 15) is 23.7 Å². The van der Waals surface area contributed by atoms with Gasteiger partial charge in [0.25, 0.3) is 12.1 Å². The van der Waals surface area contributed by atoms with Crippen LogP contribution in [-0.4, -0.2) is 21.0 Å². The predicted molar refractivity (Wildman–Crippen MR) is 47.5 cm³/mol. The first-order chi connectivity index (χ1) is 7.36. The first-order valence-corrected chi connectivity index (χ1v) is 4.01. The molecular weight excluding hydrogens is 226 g/mol. The molecule has 0 aromatic carbocycles. The van der Waals surface area contributed by atoms with Crippen molar-refractivity contribution in [1.82, 2.24) is 4.98 Å². The maximum atomic E-state index is 12.4. The molecule has 0 amide bonds. The number of halogens is 2. The Morgan fingerprint density at radius 1 is 1.62 bits per heavy atom. The van der Waals surface area contributed by atoms with Crippen LogP contribution in [0, 0.1) is 17.0 Å². The molecule has 1 heterocycles. The summed E-state index contributed by atoms with van der Waals surface area (Å²) in [4.78, 5) is 23.6. The molecular formula is C8H6F2N2O4. The number of pyridine rings is 1. The molecule has 0 atom stereocenters. The second-order valence-corrected chi connectivity index (χ2v) is 2.89. The Labute approximate surface area is 87.7 Å². The maximum absolute atomic E-state index is 12.4. The van der Waals surface area contributed by atoms with E-state index in [2.05, 4.69) is 4.98 Å². The third kappa shape index (κ3) is 1.95. The van der Waals surface area contributed by atoms with Gasteiger partial charge in [-0.25, -0.2) is 13.6 Å². The van der Waals surface area contributed by atoms with Crippen molar-refractivity contribution < 1.29 is 23.6 Å². The highest BCUT2D eigenvalue weighted by Crippen LogP contribution is 2.32. The molecule has 1 N–H and O–H groups in total. The van der Waals surface area contributed by atoms with Gasteiger partial charge < -0.3 is 5.11 Å². The van der Waals surface area contributed by atoms with E-state index in [1.165, 1.54) is 6.92 Å². The second kappa shape index (κ2) is 4.17. The van der Waals surface area contributed by atoms with Crippen molar-refractivity contribution in [3.05, 3.63) is 33.1 Å². The summed E-state index contributed by atoms with van der Waals surface area (Å²) in [5, 5.41) is 19.3. The zero-order chi connectivity index (χ0) is 12.5. The van der Waals surface area contributed by atoms with Gasteiger partial charge in [-0.05, 0) is 6.92 Å². The first-order valence-electron chi connectivity index (χ1n) is 4.01. The number of aryl methyl sites for hydroxylation is 1. The third-order valence-corrected chi connectivity index (χ3v) is 1.90. The Hall–Kier alpha value is -2.12. The number of hydrogen-bond donors (Lipinski definition) is 1. The van der Waals surface area contributed by atoms with E-state index < -0.39 is 34.1 Å². The number of nitrogens with zero attached hydrogens (tertiary/aromatic N) is 2. The molecule has 0 aliphatic carbocycles. The molecule has 86 valence electrons. The largest absolute Gasteiger partial charge is 0.477 e. The maximum Gasteiger partial charge on any atom is 0.344 e. The van der Waals surface area contributed by atoms with Gasteiger partial charge in [-0.1, -0.05) is 0 Å². The van der Waals surface area contributed by atoms with Crippen LogP contribution in [0.2, 0.25) is 0 Å². The Bertz CT molecular complexity index is 462. The number of carboxylic acid groups (broad SMARTS) is 1. The van der Waals surface area contributed by atoms with E-state index in [1.807, 2.05) is 0 Å². The fourth-order valence-corrected chi connectivity index (χ4v) is 1.22. The molecule has 1 aromatic heterocycles. The number of aromatic carboxylic acids is 1. The molecule has 0 spiro atoms. The first kappa shape index (κ1) is 12.0. The zero-order valence-corrected chi connectivity index (χ0v) is 7.98. The average Bonchev–Trinajstić information content (AvgIpc) is 2.15. The van der Waals surface area contributed by atoms with E-state index in [1.54, 1.807) is 0 Å². The SMILES string of the molecule is Cc1ncc(C(F)F)c([N+](=O)[O-])c1C(=O)O. The monoisotopic (exact) mass is 232 g/mol. The number of rotatable bonds is 3. The molecule has 1 aromatic rings. The van der Waals surface area contributed by atoms with E-state index in [4.69, 9.17) is 5.11 Å². The lowest BCUT2D eigenvalue weighted by molar-refractivity contribution is -0.386. The summed E-state index contributed by atoms with van der Waals surface area (Å²) in [6, 6.07) is 0. The molecule has 8 heteroatoms. The predicted octanol–water partition coefficient (Wildman–Crippen LogP) is 1.93. The van der Waals surface area contributed by atoms with Gasteiger partial charge in [-0.15, -0.1) is 0 Å². The van der Waals surface area contributed by atoms with Gasteiger partial charge in [0.05, 0.1) is 10.6 Å². The number of aromatic nitrogens is 1. The van der Waals surface area contributed by atoms with Crippen LogP contribution in [0.15, 0.2) is 6.20 Å². The molecule has 16 heavy (non-hydrogen) atoms. The van der Waals surface area contributed by atoms with Crippen LogP contribution in [-0.2, 0) is 0 Å². The minimum absolute atomic E-state index is 0.177. The number of nitro groups is 1. The number of carboxylic acids is 1. The minimum atomic E-state index is -3.15. The molecule has 0 aliphatic heterocycles. The summed E-state index contributed by atoms with van der Waals surface area (Å²) in [5.41, 5.74) is -3.07. The lowest BCUT2D eigenvalue weighted by Crippen LogP contribution is -2.10. The Kier molecular flexibility index (Phi) is 3.11. The van der Waals surface area contributed by atoms with Gasteiger partial charge in [0.1, 0.15) is 5.56 Å². The number of alkyl halides is 2. The van der Waals surface area contributed by atoms with Gasteiger partial charge in [-0.2, -0.15) is 0 Å². The highest BCUT2D eigenvalue weighted by Gasteiger charge is 2.31. The number of hydrogen-bond acceptors (Lipinski definition) is 4. The highest BCUT2D eigenvalue weighted by molar-refractivity contribution is 5.94. The average molecular weight is 232 g/mol. The molecule has 0 bridgehead atoms. The van der Waals surface area contributed by atoms with Crippen LogP contribution < -0.4 is 0 Å². The van der Waals surface area contributed by atoms with E-state index >= 15 is 0 Å². The van der Waals surface area contributed by atoms with Gasteiger partial charge >= 0.3 is 5.97 Å². The molecule has 6 nitrogen and oxygen atoms in total. The van der Waals surface area contributed by atoms with Crippen molar-refractivity contribution in [3.63, 3.8) is 0 Å². The molecule has 0 fully saturated rings. The van der Waals surface area contributed by atoms with Crippen LogP contribution in [0.25, 0.3) is 0 Å². The molecule has 0 saturated carbocycles. The summed E-state index contributed by atoms with van der Waals surface area (Å²) in [7, 11) is 0. The topological polar surface area (TPSA) is 93.3 Å². The molecule has 0 radical (unpaired) electrons. The van der Waals surface area contributed by atoms with E-state index in [0.717, 1.165) is 0 Å². The Balaban J connectivity index is 3.63. The summed E-state index contributed by atoms with van der Waals surface area (Å²) in [6.45, 7) is 1.20. The van der Waals surface area contributed by atoms with Gasteiger partial charge in [0.15, 0.2) is 5.56 Å². The Morgan fingerprint density at radius 2 is 2.19 bits per heavy atom. The second-order valence-electron chi connectivity index (χ2n) is 2.89. The zero-order valence-electron chi connectivity index (χ0n) is 7.98. The molecule has 1 rings (SSSR count). The lowest BCUT2D eigenvalue weighted by Gasteiger charge is -2.06. The lowest BCUT2D eigenvalue weighted by atomic mass is 10.1. The fraction of sp³-hybridized carbons (Fsp3) is 0.250. The summed E-state index contributed by atoms with van der Waals surface area (Å²) < 4.78 is 24.9. The molecule has 0 aliphatic rings. The van der Waals surface area contributed by atoms with Gasteiger partial charge in [-0.3, -0.25) is 15.1 Å². The quantitative estimate of drug-likeness (QED) is 0.634. The normalized spacial score (nSPS) is 10.5.